The molecule has 1 heterocycles. The molecule has 5 nitrogen and oxygen atoms in total. The van der Waals surface area contributed by atoms with Gasteiger partial charge >= 0.3 is 6.16 Å². The minimum Gasteiger partial charge on any atom is -0.449 e. The zero-order valence-electron chi connectivity index (χ0n) is 10.3. The van der Waals surface area contributed by atoms with Crippen LogP contribution in [-0.2, 0) is 6.42 Å². The quantitative estimate of drug-likeness (QED) is 0.829. The van der Waals surface area contributed by atoms with Crippen molar-refractivity contribution < 1.29 is 14.6 Å². The first-order chi connectivity index (χ1) is 9.04. The van der Waals surface area contributed by atoms with Crippen molar-refractivity contribution in [1.29, 1.82) is 0 Å². The van der Waals surface area contributed by atoms with E-state index in [0.29, 0.717) is 12.0 Å². The summed E-state index contributed by atoms with van der Waals surface area (Å²) in [4.78, 5) is 24.6. The highest BCUT2D eigenvalue weighted by molar-refractivity contribution is 5.61. The highest BCUT2D eigenvalue weighted by Crippen LogP contribution is 2.13. The minimum absolute atomic E-state index is 0.106. The van der Waals surface area contributed by atoms with Gasteiger partial charge in [-0.05, 0) is 18.6 Å². The van der Waals surface area contributed by atoms with Crippen LogP contribution >= 0.6 is 0 Å². The zero-order valence-corrected chi connectivity index (χ0v) is 10.3. The molecule has 98 valence electrons. The fraction of sp³-hybridized carbons (Fsp3) is 0.143. The Morgan fingerprint density at radius 3 is 2.63 bits per heavy atom. The molecular weight excluding hydrogens is 246 g/mol. The predicted octanol–water partition coefficient (Wildman–Crippen LogP) is 2.33. The van der Waals surface area contributed by atoms with Crippen molar-refractivity contribution in [2.24, 2.45) is 0 Å². The summed E-state index contributed by atoms with van der Waals surface area (Å²) in [6.45, 7) is 1.98. The number of carbonyl (C=O) groups is 1. The van der Waals surface area contributed by atoms with Crippen LogP contribution in [0.25, 0.3) is 0 Å². The van der Waals surface area contributed by atoms with Crippen molar-refractivity contribution in [2.75, 3.05) is 0 Å². The normalized spacial score (nSPS) is 10.2. The monoisotopic (exact) mass is 259 g/mol. The first kappa shape index (κ1) is 12.9. The van der Waals surface area contributed by atoms with Crippen LogP contribution in [0.4, 0.5) is 4.79 Å². The molecule has 1 aromatic heterocycles. The molecule has 0 saturated heterocycles. The number of aromatic amines is 1. The SMILES string of the molecule is Cc1ccc(Cc2cc(OC(=O)O)c[nH]c2=O)cc1. The number of hydrogen-bond donors (Lipinski definition) is 2. The molecule has 1 aromatic carbocycles. The third-order valence-corrected chi connectivity index (χ3v) is 2.67. The second kappa shape index (κ2) is 5.39. The smallest absolute Gasteiger partial charge is 0.449 e. The fourth-order valence-corrected chi connectivity index (χ4v) is 1.73. The van der Waals surface area contributed by atoms with E-state index in [-0.39, 0.29) is 11.3 Å². The average Bonchev–Trinajstić information content (AvgIpc) is 2.35. The lowest BCUT2D eigenvalue weighted by atomic mass is 10.1. The highest BCUT2D eigenvalue weighted by Gasteiger charge is 2.06. The van der Waals surface area contributed by atoms with Gasteiger partial charge in [-0.2, -0.15) is 0 Å². The lowest BCUT2D eigenvalue weighted by molar-refractivity contribution is 0.144. The van der Waals surface area contributed by atoms with E-state index in [1.807, 2.05) is 31.2 Å². The third kappa shape index (κ3) is 3.45. The summed E-state index contributed by atoms with van der Waals surface area (Å²) in [5.41, 5.74) is 2.32. The Morgan fingerprint density at radius 2 is 2.00 bits per heavy atom. The van der Waals surface area contributed by atoms with E-state index in [0.717, 1.165) is 11.1 Å². The van der Waals surface area contributed by atoms with Crippen molar-refractivity contribution in [1.82, 2.24) is 4.98 Å². The van der Waals surface area contributed by atoms with Gasteiger partial charge in [-0.25, -0.2) is 4.79 Å². The summed E-state index contributed by atoms with van der Waals surface area (Å²) in [5.74, 6) is 0.106. The highest BCUT2D eigenvalue weighted by atomic mass is 16.7. The number of pyridine rings is 1. The molecule has 2 rings (SSSR count). The van der Waals surface area contributed by atoms with Gasteiger partial charge in [-0.15, -0.1) is 0 Å². The van der Waals surface area contributed by atoms with Crippen LogP contribution in [0, 0.1) is 6.92 Å². The lowest BCUT2D eigenvalue weighted by Gasteiger charge is -2.04. The minimum atomic E-state index is -1.41. The molecule has 0 aliphatic heterocycles. The molecule has 0 aliphatic rings. The van der Waals surface area contributed by atoms with Crippen LogP contribution in [0.1, 0.15) is 16.7 Å². The molecule has 0 unspecified atom stereocenters. The van der Waals surface area contributed by atoms with Crippen LogP contribution in [-0.4, -0.2) is 16.2 Å². The Balaban J connectivity index is 2.26. The van der Waals surface area contributed by atoms with Gasteiger partial charge in [-0.1, -0.05) is 29.8 Å². The standard InChI is InChI=1S/C14H13NO4/c1-9-2-4-10(5-3-9)6-11-7-12(19-14(17)18)8-15-13(11)16/h2-5,7-8H,6H2,1H3,(H,15,16)(H,17,18). The van der Waals surface area contributed by atoms with Gasteiger partial charge in [0.15, 0.2) is 5.75 Å². The number of rotatable bonds is 3. The van der Waals surface area contributed by atoms with Crippen LogP contribution < -0.4 is 10.3 Å². The maximum atomic E-state index is 11.7. The van der Waals surface area contributed by atoms with Crippen molar-refractivity contribution in [3.05, 3.63) is 63.6 Å². The van der Waals surface area contributed by atoms with E-state index in [1.165, 1.54) is 12.3 Å². The average molecular weight is 259 g/mol. The Bertz CT molecular complexity index is 643. The zero-order chi connectivity index (χ0) is 13.8. The number of aryl methyl sites for hydroxylation is 1. The topological polar surface area (TPSA) is 79.4 Å². The van der Waals surface area contributed by atoms with E-state index < -0.39 is 6.16 Å². The van der Waals surface area contributed by atoms with Gasteiger partial charge in [0.05, 0.1) is 0 Å². The predicted molar refractivity (Wildman–Crippen MR) is 69.7 cm³/mol. The van der Waals surface area contributed by atoms with E-state index >= 15 is 0 Å². The molecule has 5 heteroatoms. The number of nitrogens with one attached hydrogen (secondary N) is 1. The number of benzene rings is 1. The van der Waals surface area contributed by atoms with Crippen molar-refractivity contribution in [2.45, 2.75) is 13.3 Å². The number of ether oxygens (including phenoxy) is 1. The molecule has 2 N–H and O–H groups in total. The van der Waals surface area contributed by atoms with Crippen LogP contribution in [0.5, 0.6) is 5.75 Å². The lowest BCUT2D eigenvalue weighted by Crippen LogP contribution is -2.14. The van der Waals surface area contributed by atoms with Crippen molar-refractivity contribution >= 4 is 6.16 Å². The third-order valence-electron chi connectivity index (χ3n) is 2.67. The molecule has 0 aliphatic carbocycles. The molecule has 0 spiro atoms. The molecule has 0 amide bonds. The van der Waals surface area contributed by atoms with E-state index in [9.17, 15) is 9.59 Å². The second-order valence-electron chi connectivity index (χ2n) is 4.22. The van der Waals surface area contributed by atoms with E-state index in [1.54, 1.807) is 0 Å². The summed E-state index contributed by atoms with van der Waals surface area (Å²) >= 11 is 0. The molecular formula is C14H13NO4. The van der Waals surface area contributed by atoms with Gasteiger partial charge in [0.1, 0.15) is 0 Å². The summed E-state index contributed by atoms with van der Waals surface area (Å²) in [6.07, 6.45) is 0.245. The molecule has 0 saturated carbocycles. The summed E-state index contributed by atoms with van der Waals surface area (Å²) in [5, 5.41) is 8.53. The van der Waals surface area contributed by atoms with Gasteiger partial charge < -0.3 is 14.8 Å². The number of hydrogen-bond acceptors (Lipinski definition) is 3. The van der Waals surface area contributed by atoms with Crippen molar-refractivity contribution in [3.63, 3.8) is 0 Å². The molecule has 2 aromatic rings. The van der Waals surface area contributed by atoms with Crippen LogP contribution in [0.2, 0.25) is 0 Å². The molecule has 0 fully saturated rings. The molecule has 0 bridgehead atoms. The Kier molecular flexibility index (Phi) is 3.66. The molecule has 0 radical (unpaired) electrons. The van der Waals surface area contributed by atoms with Gasteiger partial charge in [0, 0.05) is 18.2 Å². The van der Waals surface area contributed by atoms with E-state index in [2.05, 4.69) is 9.72 Å². The number of carboxylic acid groups (broad SMARTS) is 1. The van der Waals surface area contributed by atoms with Crippen molar-refractivity contribution in [3.8, 4) is 5.75 Å². The van der Waals surface area contributed by atoms with Crippen LogP contribution in [0.15, 0.2) is 41.3 Å². The molecule has 19 heavy (non-hydrogen) atoms. The summed E-state index contributed by atoms with van der Waals surface area (Å²) in [7, 11) is 0. The number of aromatic nitrogens is 1. The summed E-state index contributed by atoms with van der Waals surface area (Å²) in [6, 6.07) is 9.22. The first-order valence-electron chi connectivity index (χ1n) is 5.72. The van der Waals surface area contributed by atoms with Gasteiger partial charge in [-0.3, -0.25) is 4.79 Å². The largest absolute Gasteiger partial charge is 0.511 e. The fourth-order valence-electron chi connectivity index (χ4n) is 1.73. The van der Waals surface area contributed by atoms with Gasteiger partial charge in [0.2, 0.25) is 0 Å². The Hall–Kier alpha value is -2.56. The first-order valence-corrected chi connectivity index (χ1v) is 5.72. The maximum Gasteiger partial charge on any atom is 0.511 e. The van der Waals surface area contributed by atoms with Crippen LogP contribution in [0.3, 0.4) is 0 Å². The Morgan fingerprint density at radius 1 is 1.32 bits per heavy atom. The maximum absolute atomic E-state index is 11.7. The second-order valence-corrected chi connectivity index (χ2v) is 4.22. The van der Waals surface area contributed by atoms with Gasteiger partial charge in [0.25, 0.3) is 5.56 Å². The summed E-state index contributed by atoms with van der Waals surface area (Å²) < 4.78 is 4.51. The van der Waals surface area contributed by atoms with E-state index in [4.69, 9.17) is 5.11 Å². The Labute approximate surface area is 109 Å². The number of H-pyrrole nitrogens is 1. The molecule has 0 atom stereocenters.